The Morgan fingerprint density at radius 2 is 1.94 bits per heavy atom. The van der Waals surface area contributed by atoms with Crippen LogP contribution < -0.4 is 5.32 Å². The molecule has 1 heterocycles. The Bertz CT molecular complexity index is 437. The van der Waals surface area contributed by atoms with Gasteiger partial charge in [0, 0.05) is 20.1 Å². The van der Waals surface area contributed by atoms with Gasteiger partial charge >= 0.3 is 6.18 Å². The molecule has 0 spiro atoms. The molecule has 0 radical (unpaired) electrons. The van der Waals surface area contributed by atoms with Gasteiger partial charge in [-0.15, -0.1) is 0 Å². The van der Waals surface area contributed by atoms with Gasteiger partial charge in [-0.25, -0.2) is 0 Å². The minimum atomic E-state index is -4.28. The quantitative estimate of drug-likeness (QED) is 0.878. The fraction of sp³-hybridized carbons (Fsp3) is 0.417. The Balaban J connectivity index is 1.95. The highest BCUT2D eigenvalue weighted by Gasteiger charge is 2.29. The number of rotatable bonds is 2. The maximum absolute atomic E-state index is 12.4. The van der Waals surface area contributed by atoms with E-state index in [2.05, 4.69) is 10.3 Å². The van der Waals surface area contributed by atoms with E-state index in [0.717, 1.165) is 36.7 Å². The minimum absolute atomic E-state index is 0.474. The van der Waals surface area contributed by atoms with Crippen LogP contribution in [0.4, 0.5) is 13.2 Å². The third-order valence-corrected chi connectivity index (χ3v) is 2.79. The maximum Gasteiger partial charge on any atom is 0.416 e. The standard InChI is InChI=1S/C12H14F3N3/c1-18-7-6-16-11(18)17-8-9-2-4-10(5-3-9)12(13,14)15/h2-5H,6-8H2,1H3,(H,16,17). The largest absolute Gasteiger partial charge is 0.416 e. The van der Waals surface area contributed by atoms with Gasteiger partial charge in [-0.1, -0.05) is 12.1 Å². The lowest BCUT2D eigenvalue weighted by Crippen LogP contribution is -2.35. The van der Waals surface area contributed by atoms with E-state index in [9.17, 15) is 13.2 Å². The number of halogens is 3. The maximum atomic E-state index is 12.4. The Labute approximate surface area is 103 Å². The first kappa shape index (κ1) is 12.7. The first-order chi connectivity index (χ1) is 8.47. The fourth-order valence-electron chi connectivity index (χ4n) is 1.72. The van der Waals surface area contributed by atoms with Crippen molar-refractivity contribution in [3.05, 3.63) is 35.4 Å². The number of nitrogens with zero attached hydrogens (tertiary/aromatic N) is 2. The molecule has 0 unspecified atom stereocenters. The van der Waals surface area contributed by atoms with Gasteiger partial charge in [0.1, 0.15) is 0 Å². The zero-order valence-electron chi connectivity index (χ0n) is 9.96. The third-order valence-electron chi connectivity index (χ3n) is 2.79. The molecule has 1 aliphatic rings. The van der Waals surface area contributed by atoms with Gasteiger partial charge < -0.3 is 10.2 Å². The molecule has 1 aromatic rings. The van der Waals surface area contributed by atoms with Crippen LogP contribution in [0.15, 0.2) is 29.3 Å². The predicted molar refractivity (Wildman–Crippen MR) is 63.2 cm³/mol. The number of alkyl halides is 3. The molecular formula is C12H14F3N3. The number of hydrogen-bond donors (Lipinski definition) is 1. The van der Waals surface area contributed by atoms with Crippen LogP contribution in [0.3, 0.4) is 0 Å². The van der Waals surface area contributed by atoms with Crippen LogP contribution in [0.2, 0.25) is 0 Å². The normalized spacial score (nSPS) is 15.8. The molecule has 1 aromatic carbocycles. The Kier molecular flexibility index (Phi) is 3.45. The summed E-state index contributed by atoms with van der Waals surface area (Å²) in [5.41, 5.74) is 0.174. The predicted octanol–water partition coefficient (Wildman–Crippen LogP) is 2.10. The van der Waals surface area contributed by atoms with Crippen molar-refractivity contribution in [1.29, 1.82) is 0 Å². The van der Waals surface area contributed by atoms with Gasteiger partial charge in [0.15, 0.2) is 5.96 Å². The lowest BCUT2D eigenvalue weighted by molar-refractivity contribution is -0.137. The summed E-state index contributed by atoms with van der Waals surface area (Å²) in [6.07, 6.45) is -4.28. The van der Waals surface area contributed by atoms with Gasteiger partial charge in [-0.2, -0.15) is 13.2 Å². The van der Waals surface area contributed by atoms with Gasteiger partial charge in [-0.05, 0) is 17.7 Å². The summed E-state index contributed by atoms with van der Waals surface area (Å²) >= 11 is 0. The highest BCUT2D eigenvalue weighted by Crippen LogP contribution is 2.28. The van der Waals surface area contributed by atoms with Crippen LogP contribution in [0.5, 0.6) is 0 Å². The topological polar surface area (TPSA) is 27.6 Å². The molecule has 3 nitrogen and oxygen atoms in total. The second-order valence-electron chi connectivity index (χ2n) is 4.18. The van der Waals surface area contributed by atoms with Crippen LogP contribution in [-0.4, -0.2) is 31.0 Å². The number of likely N-dealkylation sites (N-methyl/N-ethyl adjacent to an activating group) is 1. The molecule has 0 aliphatic carbocycles. The molecule has 0 saturated carbocycles. The number of guanidine groups is 1. The fourth-order valence-corrected chi connectivity index (χ4v) is 1.72. The highest BCUT2D eigenvalue weighted by atomic mass is 19.4. The van der Waals surface area contributed by atoms with Gasteiger partial charge in [-0.3, -0.25) is 4.99 Å². The van der Waals surface area contributed by atoms with Crippen molar-refractivity contribution in [2.24, 2.45) is 4.99 Å². The van der Waals surface area contributed by atoms with Gasteiger partial charge in [0.2, 0.25) is 0 Å². The van der Waals surface area contributed by atoms with Crippen molar-refractivity contribution in [3.63, 3.8) is 0 Å². The van der Waals surface area contributed by atoms with E-state index < -0.39 is 11.7 Å². The van der Waals surface area contributed by atoms with Crippen molar-refractivity contribution in [2.45, 2.75) is 12.7 Å². The summed E-state index contributed by atoms with van der Waals surface area (Å²) in [4.78, 5) is 6.22. The minimum Gasteiger partial charge on any atom is -0.352 e. The Morgan fingerprint density at radius 1 is 1.28 bits per heavy atom. The Morgan fingerprint density at radius 3 is 2.44 bits per heavy atom. The summed E-state index contributed by atoms with van der Waals surface area (Å²) < 4.78 is 37.1. The van der Waals surface area contributed by atoms with Crippen LogP contribution in [-0.2, 0) is 12.7 Å². The van der Waals surface area contributed by atoms with Crippen molar-refractivity contribution in [1.82, 2.24) is 10.2 Å². The van der Waals surface area contributed by atoms with Crippen molar-refractivity contribution in [2.75, 3.05) is 20.1 Å². The van der Waals surface area contributed by atoms with Crippen molar-refractivity contribution >= 4 is 5.96 Å². The van der Waals surface area contributed by atoms with E-state index in [1.165, 1.54) is 12.1 Å². The molecule has 0 aromatic heterocycles. The average Bonchev–Trinajstić information content (AvgIpc) is 2.72. The molecular weight excluding hydrogens is 243 g/mol. The molecule has 1 N–H and O–H groups in total. The van der Waals surface area contributed by atoms with E-state index in [-0.39, 0.29) is 0 Å². The molecule has 0 amide bonds. The third kappa shape index (κ3) is 2.94. The summed E-state index contributed by atoms with van der Waals surface area (Å²) in [6, 6.07) is 5.14. The highest BCUT2D eigenvalue weighted by molar-refractivity contribution is 5.81. The second-order valence-corrected chi connectivity index (χ2v) is 4.18. The number of aliphatic imine (C=N–C) groups is 1. The summed E-state index contributed by atoms with van der Waals surface area (Å²) in [6.45, 7) is 2.10. The van der Waals surface area contributed by atoms with Crippen LogP contribution in [0.1, 0.15) is 11.1 Å². The summed E-state index contributed by atoms with van der Waals surface area (Å²) in [7, 11) is 1.92. The zero-order chi connectivity index (χ0) is 13.2. The first-order valence-electron chi connectivity index (χ1n) is 5.62. The molecule has 0 atom stereocenters. The second kappa shape index (κ2) is 4.88. The van der Waals surface area contributed by atoms with Crippen LogP contribution >= 0.6 is 0 Å². The average molecular weight is 257 g/mol. The monoisotopic (exact) mass is 257 g/mol. The van der Waals surface area contributed by atoms with Crippen molar-refractivity contribution in [3.8, 4) is 0 Å². The Hall–Kier alpha value is -1.72. The lowest BCUT2D eigenvalue weighted by atomic mass is 10.1. The number of hydrogen-bond acceptors (Lipinski definition) is 3. The van der Waals surface area contributed by atoms with E-state index in [1.807, 2.05) is 11.9 Å². The SMILES string of the molecule is CN1CCN=C1NCc1ccc(C(F)(F)F)cc1. The molecule has 1 aliphatic heterocycles. The van der Waals surface area contributed by atoms with Crippen LogP contribution in [0, 0.1) is 0 Å². The molecule has 0 bridgehead atoms. The molecule has 0 fully saturated rings. The number of nitrogens with one attached hydrogen (secondary N) is 1. The summed E-state index contributed by atoms with van der Waals surface area (Å²) in [5, 5.41) is 3.10. The van der Waals surface area contributed by atoms with Gasteiger partial charge in [0.05, 0.1) is 12.1 Å². The van der Waals surface area contributed by atoms with E-state index >= 15 is 0 Å². The molecule has 2 rings (SSSR count). The molecule has 0 saturated heterocycles. The van der Waals surface area contributed by atoms with E-state index in [4.69, 9.17) is 0 Å². The molecule has 6 heteroatoms. The smallest absolute Gasteiger partial charge is 0.352 e. The summed E-state index contributed by atoms with van der Waals surface area (Å²) in [5.74, 6) is 0.787. The zero-order valence-corrected chi connectivity index (χ0v) is 9.96. The van der Waals surface area contributed by atoms with Crippen LogP contribution in [0.25, 0.3) is 0 Å². The molecule has 18 heavy (non-hydrogen) atoms. The van der Waals surface area contributed by atoms with E-state index in [1.54, 1.807) is 0 Å². The van der Waals surface area contributed by atoms with Gasteiger partial charge in [0.25, 0.3) is 0 Å². The van der Waals surface area contributed by atoms with Crippen molar-refractivity contribution < 1.29 is 13.2 Å². The first-order valence-corrected chi connectivity index (χ1v) is 5.62. The molecule has 98 valence electrons. The number of benzene rings is 1. The lowest BCUT2D eigenvalue weighted by Gasteiger charge is -2.15. The van der Waals surface area contributed by atoms with E-state index in [0.29, 0.717) is 6.54 Å².